The number of likely N-dealkylation sites (N-methyl/N-ethyl adjacent to an activating group) is 1. The van der Waals surface area contributed by atoms with Crippen LogP contribution in [0.15, 0.2) is 23.9 Å². The maximum atomic E-state index is 2.33. The van der Waals surface area contributed by atoms with Crippen LogP contribution >= 0.6 is 0 Å². The molecule has 0 amide bonds. The Morgan fingerprint density at radius 1 is 1.60 bits per heavy atom. The third-order valence-corrected chi connectivity index (χ3v) is 1.90. The highest BCUT2D eigenvalue weighted by Crippen LogP contribution is 2.11. The molecule has 0 spiro atoms. The third-order valence-electron chi connectivity index (χ3n) is 1.90. The van der Waals surface area contributed by atoms with Crippen LogP contribution in [0.25, 0.3) is 0 Å². The number of hydrogen-bond donors (Lipinski definition) is 0. The number of allylic oxidation sites excluding steroid dienone is 2. The lowest BCUT2D eigenvalue weighted by Crippen LogP contribution is -2.28. The Labute approximate surface area is 63.0 Å². The van der Waals surface area contributed by atoms with E-state index in [4.69, 9.17) is 0 Å². The predicted molar refractivity (Wildman–Crippen MR) is 44.7 cm³/mol. The normalized spacial score (nSPS) is 24.9. The smallest absolute Gasteiger partial charge is 0.0442 e. The fourth-order valence-corrected chi connectivity index (χ4v) is 1.20. The fraction of sp³-hybridized carbons (Fsp3) is 0.556. The summed E-state index contributed by atoms with van der Waals surface area (Å²) in [4.78, 5) is 2.33. The summed E-state index contributed by atoms with van der Waals surface area (Å²) < 4.78 is 0. The van der Waals surface area contributed by atoms with Crippen LogP contribution in [-0.4, -0.2) is 17.5 Å². The summed E-state index contributed by atoms with van der Waals surface area (Å²) in [6.07, 6.45) is 6.63. The minimum Gasteiger partial charge on any atom is -0.371 e. The quantitative estimate of drug-likeness (QED) is 0.535. The third kappa shape index (κ3) is 1.41. The zero-order valence-electron chi connectivity index (χ0n) is 6.96. The van der Waals surface area contributed by atoms with E-state index in [-0.39, 0.29) is 0 Å². The molecule has 0 fully saturated rings. The summed E-state index contributed by atoms with van der Waals surface area (Å²) >= 11 is 0. The second-order valence-corrected chi connectivity index (χ2v) is 2.80. The largest absolute Gasteiger partial charge is 0.371 e. The molecule has 0 N–H and O–H groups in total. The van der Waals surface area contributed by atoms with E-state index in [2.05, 4.69) is 44.0 Å². The van der Waals surface area contributed by atoms with E-state index in [0.29, 0.717) is 6.04 Å². The summed E-state index contributed by atoms with van der Waals surface area (Å²) in [7, 11) is 0. The van der Waals surface area contributed by atoms with Crippen LogP contribution < -0.4 is 0 Å². The number of nitrogens with zero attached hydrogens (tertiary/aromatic N) is 1. The molecule has 0 aromatic carbocycles. The standard InChI is InChI=1S/C9H15N/c1-4-10-7-8(2)5-6-9(10)3/h5-7,9H,4H2,1-3H3. The predicted octanol–water partition coefficient (Wildman–Crippen LogP) is 2.17. The highest BCUT2D eigenvalue weighted by Gasteiger charge is 2.07. The van der Waals surface area contributed by atoms with Gasteiger partial charge in [-0.2, -0.15) is 0 Å². The van der Waals surface area contributed by atoms with Crippen molar-refractivity contribution in [3.05, 3.63) is 23.9 Å². The van der Waals surface area contributed by atoms with E-state index in [1.807, 2.05) is 0 Å². The van der Waals surface area contributed by atoms with Gasteiger partial charge in [0.05, 0.1) is 0 Å². The zero-order chi connectivity index (χ0) is 7.56. The number of rotatable bonds is 1. The molecular formula is C9H15N. The van der Waals surface area contributed by atoms with E-state index in [0.717, 1.165) is 6.54 Å². The van der Waals surface area contributed by atoms with Crippen molar-refractivity contribution in [2.75, 3.05) is 6.54 Å². The van der Waals surface area contributed by atoms with E-state index < -0.39 is 0 Å². The van der Waals surface area contributed by atoms with Crippen molar-refractivity contribution in [2.45, 2.75) is 26.8 Å². The minimum atomic E-state index is 0.577. The molecule has 0 aromatic rings. The molecule has 0 aliphatic carbocycles. The summed E-state index contributed by atoms with van der Waals surface area (Å²) in [5, 5.41) is 0. The minimum absolute atomic E-state index is 0.577. The van der Waals surface area contributed by atoms with E-state index in [1.54, 1.807) is 0 Å². The molecule has 1 unspecified atom stereocenters. The van der Waals surface area contributed by atoms with Gasteiger partial charge in [0.1, 0.15) is 0 Å². The topological polar surface area (TPSA) is 3.24 Å². The second-order valence-electron chi connectivity index (χ2n) is 2.80. The zero-order valence-corrected chi connectivity index (χ0v) is 6.96. The Kier molecular flexibility index (Phi) is 2.15. The maximum Gasteiger partial charge on any atom is 0.0442 e. The fourth-order valence-electron chi connectivity index (χ4n) is 1.20. The molecule has 0 aromatic heterocycles. The molecule has 0 saturated carbocycles. The molecule has 0 bridgehead atoms. The SMILES string of the molecule is CCN1C=C(C)C=CC1C. The molecule has 1 aliphatic heterocycles. The summed E-state index contributed by atoms with van der Waals surface area (Å²) in [6.45, 7) is 7.62. The van der Waals surface area contributed by atoms with Gasteiger partial charge in [-0.3, -0.25) is 0 Å². The molecule has 10 heavy (non-hydrogen) atoms. The molecule has 1 rings (SSSR count). The first-order chi connectivity index (χ1) is 4.74. The van der Waals surface area contributed by atoms with Crippen molar-refractivity contribution < 1.29 is 0 Å². The van der Waals surface area contributed by atoms with Crippen molar-refractivity contribution in [3.63, 3.8) is 0 Å². The number of hydrogen-bond acceptors (Lipinski definition) is 1. The van der Waals surface area contributed by atoms with Crippen LogP contribution in [0.1, 0.15) is 20.8 Å². The average molecular weight is 137 g/mol. The van der Waals surface area contributed by atoms with Gasteiger partial charge in [0, 0.05) is 18.8 Å². The van der Waals surface area contributed by atoms with Crippen molar-refractivity contribution in [1.29, 1.82) is 0 Å². The molecule has 0 saturated heterocycles. The molecule has 1 nitrogen and oxygen atoms in total. The van der Waals surface area contributed by atoms with Crippen molar-refractivity contribution in [3.8, 4) is 0 Å². The van der Waals surface area contributed by atoms with Crippen molar-refractivity contribution in [2.24, 2.45) is 0 Å². The van der Waals surface area contributed by atoms with Crippen molar-refractivity contribution in [1.82, 2.24) is 4.90 Å². The van der Waals surface area contributed by atoms with Crippen LogP contribution in [0, 0.1) is 0 Å². The summed E-state index contributed by atoms with van der Waals surface area (Å²) in [5.41, 5.74) is 1.35. The van der Waals surface area contributed by atoms with Gasteiger partial charge in [-0.25, -0.2) is 0 Å². The highest BCUT2D eigenvalue weighted by molar-refractivity contribution is 5.21. The first-order valence-electron chi connectivity index (χ1n) is 3.86. The summed E-state index contributed by atoms with van der Waals surface area (Å²) in [5.74, 6) is 0. The molecule has 1 heteroatoms. The van der Waals surface area contributed by atoms with Crippen LogP contribution in [0.4, 0.5) is 0 Å². The van der Waals surface area contributed by atoms with Crippen LogP contribution in [0.3, 0.4) is 0 Å². The van der Waals surface area contributed by atoms with E-state index >= 15 is 0 Å². The summed E-state index contributed by atoms with van der Waals surface area (Å²) in [6, 6.07) is 0.577. The Bertz CT molecular complexity index is 168. The Hall–Kier alpha value is -0.720. The molecule has 1 aliphatic rings. The Morgan fingerprint density at radius 3 is 2.80 bits per heavy atom. The first-order valence-corrected chi connectivity index (χ1v) is 3.86. The lowest BCUT2D eigenvalue weighted by molar-refractivity contribution is 0.347. The van der Waals surface area contributed by atoms with Gasteiger partial charge in [-0.1, -0.05) is 12.2 Å². The van der Waals surface area contributed by atoms with Gasteiger partial charge in [-0.15, -0.1) is 0 Å². The van der Waals surface area contributed by atoms with Gasteiger partial charge in [0.15, 0.2) is 0 Å². The van der Waals surface area contributed by atoms with Gasteiger partial charge in [-0.05, 0) is 26.3 Å². The maximum absolute atomic E-state index is 2.33. The first kappa shape index (κ1) is 7.39. The van der Waals surface area contributed by atoms with Gasteiger partial charge >= 0.3 is 0 Å². The van der Waals surface area contributed by atoms with Crippen LogP contribution in [-0.2, 0) is 0 Å². The van der Waals surface area contributed by atoms with Crippen LogP contribution in [0.2, 0.25) is 0 Å². The molecule has 56 valence electrons. The van der Waals surface area contributed by atoms with Crippen LogP contribution in [0.5, 0.6) is 0 Å². The lowest BCUT2D eigenvalue weighted by atomic mass is 10.1. The van der Waals surface area contributed by atoms with Gasteiger partial charge in [0.25, 0.3) is 0 Å². The van der Waals surface area contributed by atoms with Crippen molar-refractivity contribution >= 4 is 0 Å². The highest BCUT2D eigenvalue weighted by atomic mass is 15.1. The molecule has 1 heterocycles. The molecular weight excluding hydrogens is 122 g/mol. The van der Waals surface area contributed by atoms with E-state index in [1.165, 1.54) is 5.57 Å². The molecule has 0 radical (unpaired) electrons. The van der Waals surface area contributed by atoms with E-state index in [9.17, 15) is 0 Å². The second kappa shape index (κ2) is 2.91. The average Bonchev–Trinajstić information content (AvgIpc) is 1.94. The molecule has 1 atom stereocenters. The monoisotopic (exact) mass is 137 g/mol. The lowest BCUT2D eigenvalue weighted by Gasteiger charge is -2.27. The van der Waals surface area contributed by atoms with Gasteiger partial charge < -0.3 is 4.90 Å². The van der Waals surface area contributed by atoms with Gasteiger partial charge in [0.2, 0.25) is 0 Å². The Balaban J connectivity index is 2.67. The Morgan fingerprint density at radius 2 is 2.30 bits per heavy atom.